The second-order valence-corrected chi connectivity index (χ2v) is 3.66. The maximum Gasteiger partial charge on any atom is 0.437 e. The standard InChI is InChI=1S/C11H5F3N4O2/c12-11(13,14)9-8(10(19)20)18(17-16-9)7-3-1-6(5-15)2-4-7/h1-4H,(H,19,20). The maximum absolute atomic E-state index is 12.6. The molecule has 1 N–H and O–H groups in total. The van der Waals surface area contributed by atoms with Crippen LogP contribution in [0.25, 0.3) is 5.69 Å². The number of rotatable bonds is 2. The Morgan fingerprint density at radius 2 is 1.90 bits per heavy atom. The van der Waals surface area contributed by atoms with Gasteiger partial charge in [0.05, 0.1) is 17.3 Å². The van der Waals surface area contributed by atoms with E-state index in [-0.39, 0.29) is 11.3 Å². The van der Waals surface area contributed by atoms with Gasteiger partial charge in [0.15, 0.2) is 5.69 Å². The van der Waals surface area contributed by atoms with Gasteiger partial charge >= 0.3 is 12.1 Å². The Kier molecular flexibility index (Phi) is 3.15. The lowest BCUT2D eigenvalue weighted by molar-refractivity contribution is -0.141. The van der Waals surface area contributed by atoms with E-state index >= 15 is 0 Å². The van der Waals surface area contributed by atoms with Gasteiger partial charge < -0.3 is 5.11 Å². The average molecular weight is 282 g/mol. The van der Waals surface area contributed by atoms with Crippen LogP contribution in [0, 0.1) is 11.3 Å². The minimum Gasteiger partial charge on any atom is -0.476 e. The summed E-state index contributed by atoms with van der Waals surface area (Å²) in [5, 5.41) is 23.6. The van der Waals surface area contributed by atoms with Crippen molar-refractivity contribution in [3.63, 3.8) is 0 Å². The minimum absolute atomic E-state index is 0.0596. The van der Waals surface area contributed by atoms with Crippen molar-refractivity contribution >= 4 is 5.97 Å². The SMILES string of the molecule is N#Cc1ccc(-n2nnc(C(F)(F)F)c2C(=O)O)cc1. The van der Waals surface area contributed by atoms with Crippen LogP contribution in [0.4, 0.5) is 13.2 Å². The van der Waals surface area contributed by atoms with Gasteiger partial charge in [0.2, 0.25) is 5.69 Å². The van der Waals surface area contributed by atoms with Crippen molar-refractivity contribution in [1.82, 2.24) is 15.0 Å². The second-order valence-electron chi connectivity index (χ2n) is 3.66. The fraction of sp³-hybridized carbons (Fsp3) is 0.0909. The van der Waals surface area contributed by atoms with E-state index in [1.165, 1.54) is 24.3 Å². The van der Waals surface area contributed by atoms with Crippen molar-refractivity contribution in [2.75, 3.05) is 0 Å². The third-order valence-corrected chi connectivity index (χ3v) is 2.38. The molecule has 1 aromatic carbocycles. The maximum atomic E-state index is 12.6. The molecule has 1 aromatic heterocycles. The zero-order valence-electron chi connectivity index (χ0n) is 9.59. The summed E-state index contributed by atoms with van der Waals surface area (Å²) in [6, 6.07) is 7.04. The molecule has 0 amide bonds. The number of aromatic nitrogens is 3. The topological polar surface area (TPSA) is 91.8 Å². The highest BCUT2D eigenvalue weighted by atomic mass is 19.4. The van der Waals surface area contributed by atoms with E-state index in [1.807, 2.05) is 6.07 Å². The molecule has 0 spiro atoms. The average Bonchev–Trinajstić information content (AvgIpc) is 2.83. The molecule has 1 heterocycles. The highest BCUT2D eigenvalue weighted by Gasteiger charge is 2.41. The first-order chi connectivity index (χ1) is 9.34. The van der Waals surface area contributed by atoms with Gasteiger partial charge in [-0.3, -0.25) is 0 Å². The normalized spacial score (nSPS) is 11.1. The first kappa shape index (κ1) is 13.5. The predicted molar refractivity (Wildman–Crippen MR) is 58.0 cm³/mol. The van der Waals surface area contributed by atoms with Crippen LogP contribution >= 0.6 is 0 Å². The van der Waals surface area contributed by atoms with Crippen LogP contribution in [-0.4, -0.2) is 26.1 Å². The Morgan fingerprint density at radius 1 is 1.30 bits per heavy atom. The molecule has 0 saturated heterocycles. The van der Waals surface area contributed by atoms with Crippen molar-refractivity contribution in [3.05, 3.63) is 41.2 Å². The number of carbonyl (C=O) groups is 1. The van der Waals surface area contributed by atoms with Gasteiger partial charge in [0.25, 0.3) is 0 Å². The predicted octanol–water partition coefficient (Wildman–Crippen LogP) is 1.86. The zero-order chi connectivity index (χ0) is 14.9. The van der Waals surface area contributed by atoms with Gasteiger partial charge in [0.1, 0.15) is 0 Å². The number of nitriles is 1. The molecule has 2 aromatic rings. The lowest BCUT2D eigenvalue weighted by atomic mass is 10.2. The molecule has 0 atom stereocenters. The molecule has 0 bridgehead atoms. The fourth-order valence-electron chi connectivity index (χ4n) is 1.52. The molecule has 0 fully saturated rings. The van der Waals surface area contributed by atoms with E-state index in [2.05, 4.69) is 10.3 Å². The summed E-state index contributed by atoms with van der Waals surface area (Å²) in [4.78, 5) is 11.0. The van der Waals surface area contributed by atoms with Crippen molar-refractivity contribution in [2.24, 2.45) is 0 Å². The van der Waals surface area contributed by atoms with Crippen LogP contribution < -0.4 is 0 Å². The summed E-state index contributed by atoms with van der Waals surface area (Å²) in [7, 11) is 0. The van der Waals surface area contributed by atoms with Gasteiger partial charge in [-0.05, 0) is 24.3 Å². The number of nitrogens with zero attached hydrogens (tertiary/aromatic N) is 4. The molecule has 20 heavy (non-hydrogen) atoms. The van der Waals surface area contributed by atoms with E-state index in [1.54, 1.807) is 0 Å². The highest BCUT2D eigenvalue weighted by Crippen LogP contribution is 2.31. The van der Waals surface area contributed by atoms with Crippen LogP contribution in [0.2, 0.25) is 0 Å². The summed E-state index contributed by atoms with van der Waals surface area (Å²) in [5.74, 6) is -1.80. The summed E-state index contributed by atoms with van der Waals surface area (Å²) in [5.41, 5.74) is -2.32. The molecule has 6 nitrogen and oxygen atoms in total. The monoisotopic (exact) mass is 282 g/mol. The molecule has 0 aliphatic carbocycles. The molecule has 0 unspecified atom stereocenters. The number of carboxylic acid groups (broad SMARTS) is 1. The first-order valence-electron chi connectivity index (χ1n) is 5.11. The minimum atomic E-state index is -4.92. The molecule has 0 radical (unpaired) electrons. The number of benzene rings is 1. The number of hydrogen-bond acceptors (Lipinski definition) is 4. The van der Waals surface area contributed by atoms with Crippen LogP contribution in [0.5, 0.6) is 0 Å². The van der Waals surface area contributed by atoms with E-state index in [4.69, 9.17) is 10.4 Å². The summed E-state index contributed by atoms with van der Waals surface area (Å²) < 4.78 is 38.5. The van der Waals surface area contributed by atoms with Gasteiger partial charge in [-0.25, -0.2) is 9.48 Å². The molecular formula is C11H5F3N4O2. The van der Waals surface area contributed by atoms with Crippen molar-refractivity contribution < 1.29 is 23.1 Å². The van der Waals surface area contributed by atoms with Crippen LogP contribution in [-0.2, 0) is 6.18 Å². The molecular weight excluding hydrogens is 277 g/mol. The zero-order valence-corrected chi connectivity index (χ0v) is 9.59. The third-order valence-electron chi connectivity index (χ3n) is 2.38. The number of aromatic carboxylic acids is 1. The van der Waals surface area contributed by atoms with Crippen LogP contribution in [0.1, 0.15) is 21.7 Å². The fourth-order valence-corrected chi connectivity index (χ4v) is 1.52. The number of halogens is 3. The smallest absolute Gasteiger partial charge is 0.437 e. The molecule has 102 valence electrons. The summed E-state index contributed by atoms with van der Waals surface area (Å²) in [6.07, 6.45) is -4.92. The van der Waals surface area contributed by atoms with Crippen molar-refractivity contribution in [3.8, 4) is 11.8 Å². The van der Waals surface area contributed by atoms with E-state index in [0.29, 0.717) is 4.68 Å². The summed E-state index contributed by atoms with van der Waals surface area (Å²) >= 11 is 0. The molecule has 0 aliphatic rings. The Bertz CT molecular complexity index is 698. The Hall–Kier alpha value is -2.89. The van der Waals surface area contributed by atoms with E-state index < -0.39 is 23.5 Å². The molecule has 9 heteroatoms. The van der Waals surface area contributed by atoms with Crippen LogP contribution in [0.3, 0.4) is 0 Å². The van der Waals surface area contributed by atoms with E-state index in [9.17, 15) is 18.0 Å². The number of carboxylic acids is 1. The quantitative estimate of drug-likeness (QED) is 0.907. The van der Waals surface area contributed by atoms with Gasteiger partial charge in [-0.1, -0.05) is 5.21 Å². The molecule has 0 aliphatic heterocycles. The largest absolute Gasteiger partial charge is 0.476 e. The lowest BCUT2D eigenvalue weighted by Gasteiger charge is -2.06. The molecule has 2 rings (SSSR count). The first-order valence-corrected chi connectivity index (χ1v) is 5.11. The second kappa shape index (κ2) is 4.65. The molecule has 0 saturated carbocycles. The van der Waals surface area contributed by atoms with E-state index in [0.717, 1.165) is 0 Å². The Balaban J connectivity index is 2.60. The van der Waals surface area contributed by atoms with Crippen molar-refractivity contribution in [1.29, 1.82) is 5.26 Å². The number of alkyl halides is 3. The Labute approximate surface area is 109 Å². The summed E-state index contributed by atoms with van der Waals surface area (Å²) in [6.45, 7) is 0. The van der Waals surface area contributed by atoms with Gasteiger partial charge in [0, 0.05) is 0 Å². The van der Waals surface area contributed by atoms with Gasteiger partial charge in [-0.15, -0.1) is 5.10 Å². The Morgan fingerprint density at radius 3 is 2.35 bits per heavy atom. The lowest BCUT2D eigenvalue weighted by Crippen LogP contribution is -2.15. The van der Waals surface area contributed by atoms with Gasteiger partial charge in [-0.2, -0.15) is 18.4 Å². The highest BCUT2D eigenvalue weighted by molar-refractivity contribution is 5.87. The third kappa shape index (κ3) is 2.31. The van der Waals surface area contributed by atoms with Crippen molar-refractivity contribution in [2.45, 2.75) is 6.18 Å². The van der Waals surface area contributed by atoms with Crippen LogP contribution in [0.15, 0.2) is 24.3 Å². The number of hydrogen-bond donors (Lipinski definition) is 1.